The second kappa shape index (κ2) is 8.58. The van der Waals surface area contributed by atoms with E-state index in [0.29, 0.717) is 33.4 Å². The van der Waals surface area contributed by atoms with Gasteiger partial charge in [0.2, 0.25) is 5.91 Å². The first-order valence-electron chi connectivity index (χ1n) is 10.3. The second-order valence-corrected chi connectivity index (χ2v) is 8.71. The Labute approximate surface area is 189 Å². The minimum atomic E-state index is -0.231. The van der Waals surface area contributed by atoms with Gasteiger partial charge in [0.05, 0.1) is 24.8 Å². The molecule has 0 radical (unpaired) electrons. The maximum Gasteiger partial charge on any atom is 0.268 e. The van der Waals surface area contributed by atoms with E-state index < -0.39 is 0 Å². The Morgan fingerprint density at radius 3 is 2.72 bits per heavy atom. The smallest absolute Gasteiger partial charge is 0.268 e. The van der Waals surface area contributed by atoms with E-state index >= 15 is 0 Å². The van der Waals surface area contributed by atoms with Crippen LogP contribution in [0.2, 0.25) is 0 Å². The molecule has 9 heteroatoms. The van der Waals surface area contributed by atoms with Crippen molar-refractivity contribution in [3.8, 4) is 22.7 Å². The highest BCUT2D eigenvalue weighted by molar-refractivity contribution is 7.15. The van der Waals surface area contributed by atoms with Crippen molar-refractivity contribution in [2.45, 2.75) is 40.2 Å². The molecule has 0 bridgehead atoms. The van der Waals surface area contributed by atoms with Crippen LogP contribution in [0.15, 0.2) is 40.5 Å². The van der Waals surface area contributed by atoms with Crippen molar-refractivity contribution in [2.75, 3.05) is 7.11 Å². The molecule has 3 aromatic heterocycles. The monoisotopic (exact) mass is 451 g/mol. The highest BCUT2D eigenvalue weighted by Crippen LogP contribution is 2.27. The molecule has 0 aliphatic heterocycles. The van der Waals surface area contributed by atoms with Crippen LogP contribution in [0.3, 0.4) is 0 Å². The van der Waals surface area contributed by atoms with Crippen LogP contribution in [0.25, 0.3) is 21.9 Å². The maximum absolute atomic E-state index is 13.5. The topological polar surface area (TPSA) is 90.5 Å². The van der Waals surface area contributed by atoms with Crippen LogP contribution in [0.1, 0.15) is 30.9 Å². The third-order valence-electron chi connectivity index (χ3n) is 5.07. The van der Waals surface area contributed by atoms with Crippen LogP contribution < -0.4 is 15.6 Å². The van der Waals surface area contributed by atoms with Gasteiger partial charge >= 0.3 is 0 Å². The number of carbonyl (C=O) groups is 1. The molecule has 4 rings (SSSR count). The van der Waals surface area contributed by atoms with Gasteiger partial charge in [-0.25, -0.2) is 9.67 Å². The lowest BCUT2D eigenvalue weighted by atomic mass is 10.1. The molecule has 0 atom stereocenters. The number of aryl methyl sites for hydroxylation is 2. The molecule has 0 aliphatic rings. The molecular weight excluding hydrogens is 426 g/mol. The Kier molecular flexibility index (Phi) is 5.84. The van der Waals surface area contributed by atoms with Crippen LogP contribution in [0.4, 0.5) is 0 Å². The summed E-state index contributed by atoms with van der Waals surface area (Å²) in [6.07, 6.45) is 0.108. The average Bonchev–Trinajstić information content (AvgIpc) is 3.30. The van der Waals surface area contributed by atoms with E-state index in [4.69, 9.17) is 9.84 Å². The minimum Gasteiger partial charge on any atom is -0.494 e. The van der Waals surface area contributed by atoms with Crippen molar-refractivity contribution < 1.29 is 9.53 Å². The quantitative estimate of drug-likeness (QED) is 0.486. The summed E-state index contributed by atoms with van der Waals surface area (Å²) in [5.41, 5.74) is 3.57. The van der Waals surface area contributed by atoms with Crippen molar-refractivity contribution in [1.82, 2.24) is 24.5 Å². The van der Waals surface area contributed by atoms with Crippen LogP contribution in [0, 0.1) is 13.8 Å². The number of nitrogens with zero attached hydrogens (tertiary/aromatic N) is 4. The van der Waals surface area contributed by atoms with Gasteiger partial charge in [0.1, 0.15) is 17.1 Å². The van der Waals surface area contributed by atoms with Gasteiger partial charge in [-0.2, -0.15) is 5.10 Å². The Hall–Kier alpha value is -3.46. The molecule has 0 fully saturated rings. The SMILES string of the molecule is COc1ccccc1-n1nc(-c2c(C)nc3scc(CC(=O)NC(C)C)n3c2=O)cc1C. The number of nitrogens with one attached hydrogen (secondary N) is 1. The third-order valence-corrected chi connectivity index (χ3v) is 5.94. The van der Waals surface area contributed by atoms with Gasteiger partial charge in [0, 0.05) is 22.8 Å². The molecule has 1 aromatic carbocycles. The molecule has 1 N–H and O–H groups in total. The molecule has 4 aromatic rings. The van der Waals surface area contributed by atoms with Crippen LogP contribution in [-0.2, 0) is 11.2 Å². The first kappa shape index (κ1) is 21.8. The highest BCUT2D eigenvalue weighted by atomic mass is 32.1. The van der Waals surface area contributed by atoms with Gasteiger partial charge in [-0.3, -0.25) is 14.0 Å². The number of fused-ring (bicyclic) bond motifs is 1. The fourth-order valence-electron chi connectivity index (χ4n) is 3.71. The Morgan fingerprint density at radius 2 is 2.00 bits per heavy atom. The lowest BCUT2D eigenvalue weighted by Crippen LogP contribution is -2.32. The zero-order valence-corrected chi connectivity index (χ0v) is 19.5. The first-order chi connectivity index (χ1) is 15.3. The second-order valence-electron chi connectivity index (χ2n) is 7.88. The van der Waals surface area contributed by atoms with Gasteiger partial charge < -0.3 is 10.1 Å². The molecule has 3 heterocycles. The largest absolute Gasteiger partial charge is 0.494 e. The van der Waals surface area contributed by atoms with E-state index in [1.807, 2.05) is 56.5 Å². The normalized spacial score (nSPS) is 11.3. The number of carbonyl (C=O) groups excluding carboxylic acids is 1. The molecule has 8 nitrogen and oxygen atoms in total. The van der Waals surface area contributed by atoms with Crippen molar-refractivity contribution in [3.05, 3.63) is 63.1 Å². The molecular formula is C23H25N5O3S. The zero-order chi connectivity index (χ0) is 23.0. The molecule has 32 heavy (non-hydrogen) atoms. The molecule has 1 amide bonds. The summed E-state index contributed by atoms with van der Waals surface area (Å²) in [6.45, 7) is 7.53. The van der Waals surface area contributed by atoms with E-state index in [1.54, 1.807) is 18.7 Å². The predicted octanol–water partition coefficient (Wildman–Crippen LogP) is 3.30. The Morgan fingerprint density at radius 1 is 1.25 bits per heavy atom. The van der Waals surface area contributed by atoms with Crippen molar-refractivity contribution in [2.24, 2.45) is 0 Å². The molecule has 0 aliphatic carbocycles. The number of methoxy groups -OCH3 is 1. The van der Waals surface area contributed by atoms with E-state index in [2.05, 4.69) is 10.3 Å². The number of ether oxygens (including phenoxy) is 1. The summed E-state index contributed by atoms with van der Waals surface area (Å²) in [5, 5.41) is 9.39. The van der Waals surface area contributed by atoms with Gasteiger partial charge in [-0.15, -0.1) is 11.3 Å². The number of benzene rings is 1. The number of thiazole rings is 1. The molecule has 0 saturated heterocycles. The summed E-state index contributed by atoms with van der Waals surface area (Å²) in [6, 6.07) is 9.47. The summed E-state index contributed by atoms with van der Waals surface area (Å²) < 4.78 is 8.74. The van der Waals surface area contributed by atoms with Gasteiger partial charge in [-0.1, -0.05) is 12.1 Å². The number of para-hydroxylation sites is 2. The standard InChI is InChI=1S/C23H25N5O3S/c1-13(2)24-20(29)11-16-12-32-23-25-15(4)21(22(30)27(16)23)17-10-14(3)28(26-17)18-8-6-7-9-19(18)31-5/h6-10,12-13H,11H2,1-5H3,(H,24,29). The van der Waals surface area contributed by atoms with Gasteiger partial charge in [0.25, 0.3) is 5.56 Å². The fourth-order valence-corrected chi connectivity index (χ4v) is 4.63. The minimum absolute atomic E-state index is 0.0296. The third kappa shape index (κ3) is 3.91. The maximum atomic E-state index is 13.5. The Bertz CT molecular complexity index is 1370. The van der Waals surface area contributed by atoms with E-state index in [0.717, 1.165) is 11.4 Å². The lowest BCUT2D eigenvalue weighted by Gasteiger charge is -2.10. The number of aromatic nitrogens is 4. The number of hydrogen-bond acceptors (Lipinski definition) is 6. The van der Waals surface area contributed by atoms with Crippen LogP contribution >= 0.6 is 11.3 Å². The van der Waals surface area contributed by atoms with Crippen molar-refractivity contribution in [3.63, 3.8) is 0 Å². The van der Waals surface area contributed by atoms with E-state index in [9.17, 15) is 9.59 Å². The van der Waals surface area contributed by atoms with Crippen molar-refractivity contribution in [1.29, 1.82) is 0 Å². The molecule has 0 saturated carbocycles. The number of hydrogen-bond donors (Lipinski definition) is 1. The highest BCUT2D eigenvalue weighted by Gasteiger charge is 2.20. The lowest BCUT2D eigenvalue weighted by molar-refractivity contribution is -0.120. The Balaban J connectivity index is 1.83. The molecule has 166 valence electrons. The van der Waals surface area contributed by atoms with E-state index in [-0.39, 0.29) is 23.9 Å². The van der Waals surface area contributed by atoms with Gasteiger partial charge in [0.15, 0.2) is 4.96 Å². The average molecular weight is 452 g/mol. The molecule has 0 spiro atoms. The van der Waals surface area contributed by atoms with Crippen molar-refractivity contribution >= 4 is 22.2 Å². The molecule has 0 unspecified atom stereocenters. The first-order valence-corrected chi connectivity index (χ1v) is 11.2. The van der Waals surface area contributed by atoms with E-state index in [1.165, 1.54) is 15.7 Å². The number of amides is 1. The predicted molar refractivity (Wildman–Crippen MR) is 125 cm³/mol. The van der Waals surface area contributed by atoms with Crippen LogP contribution in [0.5, 0.6) is 5.75 Å². The summed E-state index contributed by atoms with van der Waals surface area (Å²) in [4.78, 5) is 31.0. The summed E-state index contributed by atoms with van der Waals surface area (Å²) in [5.74, 6) is 0.550. The van der Waals surface area contributed by atoms with Crippen LogP contribution in [-0.4, -0.2) is 38.2 Å². The zero-order valence-electron chi connectivity index (χ0n) is 18.7. The summed E-state index contributed by atoms with van der Waals surface area (Å²) >= 11 is 1.35. The fraction of sp³-hybridized carbons (Fsp3) is 0.304. The number of rotatable bonds is 6. The van der Waals surface area contributed by atoms with Gasteiger partial charge in [-0.05, 0) is 45.9 Å². The summed E-state index contributed by atoms with van der Waals surface area (Å²) in [7, 11) is 1.61.